The molecule has 1 atom stereocenters. The van der Waals surface area contributed by atoms with Crippen LogP contribution in [0.25, 0.3) is 0 Å². The van der Waals surface area contributed by atoms with E-state index < -0.39 is 0 Å². The van der Waals surface area contributed by atoms with Gasteiger partial charge in [-0.3, -0.25) is 0 Å². The van der Waals surface area contributed by atoms with E-state index in [-0.39, 0.29) is 0 Å². The number of aromatic nitrogens is 2. The topological polar surface area (TPSA) is 44.3 Å². The average Bonchev–Trinajstić information content (AvgIpc) is 2.42. The lowest BCUT2D eigenvalue weighted by Gasteiger charge is -2.37. The van der Waals surface area contributed by atoms with Gasteiger partial charge in [0.2, 0.25) is 0 Å². The highest BCUT2D eigenvalue weighted by Crippen LogP contribution is 2.14. The van der Waals surface area contributed by atoms with Crippen molar-refractivity contribution in [3.63, 3.8) is 0 Å². The van der Waals surface area contributed by atoms with Crippen molar-refractivity contribution in [2.45, 2.75) is 39.8 Å². The highest BCUT2D eigenvalue weighted by molar-refractivity contribution is 5.24. The molecule has 5 nitrogen and oxygen atoms in total. The molecule has 1 unspecified atom stereocenters. The molecule has 0 saturated carbocycles. The van der Waals surface area contributed by atoms with Crippen molar-refractivity contribution in [1.82, 2.24) is 25.1 Å². The van der Waals surface area contributed by atoms with Crippen LogP contribution in [0.2, 0.25) is 0 Å². The Labute approximate surface area is 128 Å². The van der Waals surface area contributed by atoms with Crippen LogP contribution in [0.4, 0.5) is 0 Å². The van der Waals surface area contributed by atoms with Crippen LogP contribution in [0.5, 0.6) is 0 Å². The summed E-state index contributed by atoms with van der Waals surface area (Å²) in [5, 5.41) is 3.37. The summed E-state index contributed by atoms with van der Waals surface area (Å²) in [5.74, 6) is 0.984. The molecule has 1 aromatic heterocycles. The summed E-state index contributed by atoms with van der Waals surface area (Å²) in [4.78, 5) is 14.3. The van der Waals surface area contributed by atoms with E-state index in [2.05, 4.69) is 50.0 Å². The molecule has 0 bridgehead atoms. The molecule has 1 fully saturated rings. The van der Waals surface area contributed by atoms with E-state index in [4.69, 9.17) is 9.97 Å². The second-order valence-electron chi connectivity index (χ2n) is 6.17. The Hall–Kier alpha value is -1.04. The van der Waals surface area contributed by atoms with Crippen molar-refractivity contribution < 1.29 is 0 Å². The number of hydrogen-bond acceptors (Lipinski definition) is 5. The van der Waals surface area contributed by atoms with E-state index in [1.165, 1.54) is 5.56 Å². The maximum atomic E-state index is 4.74. The van der Waals surface area contributed by atoms with Gasteiger partial charge in [0.15, 0.2) is 0 Å². The van der Waals surface area contributed by atoms with Crippen molar-refractivity contribution in [3.05, 3.63) is 22.8 Å². The largest absolute Gasteiger partial charge is 0.313 e. The van der Waals surface area contributed by atoms with Crippen molar-refractivity contribution in [1.29, 1.82) is 0 Å². The van der Waals surface area contributed by atoms with E-state index in [0.29, 0.717) is 6.04 Å². The SMILES string of the molecule is CCNCc1c(C)nc(CC2CN(C)CCN2C)nc1C. The van der Waals surface area contributed by atoms with Crippen molar-refractivity contribution >= 4 is 0 Å². The molecule has 2 heterocycles. The molecule has 1 N–H and O–H groups in total. The first-order valence-electron chi connectivity index (χ1n) is 7.93. The molecule has 21 heavy (non-hydrogen) atoms. The highest BCUT2D eigenvalue weighted by atomic mass is 15.3. The summed E-state index contributed by atoms with van der Waals surface area (Å²) in [5.41, 5.74) is 3.48. The van der Waals surface area contributed by atoms with Crippen molar-refractivity contribution in [2.24, 2.45) is 0 Å². The van der Waals surface area contributed by atoms with E-state index in [9.17, 15) is 0 Å². The third-order valence-electron chi connectivity index (χ3n) is 4.42. The van der Waals surface area contributed by atoms with Gasteiger partial charge in [-0.05, 0) is 34.5 Å². The number of aryl methyl sites for hydroxylation is 2. The zero-order valence-electron chi connectivity index (χ0n) is 14.1. The van der Waals surface area contributed by atoms with Crippen LogP contribution in [0.15, 0.2) is 0 Å². The Morgan fingerprint density at radius 2 is 1.81 bits per heavy atom. The Kier molecular flexibility index (Phi) is 5.67. The van der Waals surface area contributed by atoms with E-state index in [0.717, 1.165) is 56.4 Å². The van der Waals surface area contributed by atoms with Crippen LogP contribution in [0.3, 0.4) is 0 Å². The third-order valence-corrected chi connectivity index (χ3v) is 4.42. The van der Waals surface area contributed by atoms with Crippen LogP contribution in [-0.4, -0.2) is 66.1 Å². The van der Waals surface area contributed by atoms with Gasteiger partial charge in [-0.2, -0.15) is 0 Å². The summed E-state index contributed by atoms with van der Waals surface area (Å²) in [7, 11) is 4.40. The van der Waals surface area contributed by atoms with E-state index >= 15 is 0 Å². The van der Waals surface area contributed by atoms with Crippen molar-refractivity contribution in [3.8, 4) is 0 Å². The molecule has 5 heteroatoms. The second-order valence-corrected chi connectivity index (χ2v) is 6.17. The molecular weight excluding hydrogens is 262 g/mol. The van der Waals surface area contributed by atoms with Gasteiger partial charge in [-0.15, -0.1) is 0 Å². The molecule has 0 aliphatic carbocycles. The normalized spacial score (nSPS) is 20.9. The second kappa shape index (κ2) is 7.29. The first-order valence-corrected chi connectivity index (χ1v) is 7.93. The molecule has 1 aliphatic rings. The van der Waals surface area contributed by atoms with Gasteiger partial charge in [0.1, 0.15) is 5.82 Å². The summed E-state index contributed by atoms with van der Waals surface area (Å²) in [6.45, 7) is 11.5. The van der Waals surface area contributed by atoms with Gasteiger partial charge < -0.3 is 15.1 Å². The van der Waals surface area contributed by atoms with Gasteiger partial charge in [0.05, 0.1) is 0 Å². The van der Waals surface area contributed by atoms with E-state index in [1.807, 2.05) is 0 Å². The molecule has 1 aliphatic heterocycles. The molecule has 0 aromatic carbocycles. The third kappa shape index (κ3) is 4.22. The lowest BCUT2D eigenvalue weighted by atomic mass is 10.1. The monoisotopic (exact) mass is 291 g/mol. The van der Waals surface area contributed by atoms with Crippen LogP contribution < -0.4 is 5.32 Å². The van der Waals surface area contributed by atoms with Gasteiger partial charge >= 0.3 is 0 Å². The smallest absolute Gasteiger partial charge is 0.130 e. The molecule has 0 radical (unpaired) electrons. The zero-order valence-corrected chi connectivity index (χ0v) is 14.1. The van der Waals surface area contributed by atoms with Gasteiger partial charge in [0.25, 0.3) is 0 Å². The molecule has 2 rings (SSSR count). The number of nitrogens with one attached hydrogen (secondary N) is 1. The quantitative estimate of drug-likeness (QED) is 0.876. The Morgan fingerprint density at radius 3 is 2.43 bits per heavy atom. The summed E-state index contributed by atoms with van der Waals surface area (Å²) < 4.78 is 0. The number of rotatable bonds is 5. The first-order chi connectivity index (χ1) is 10.0. The fraction of sp³-hybridized carbons (Fsp3) is 0.750. The lowest BCUT2D eigenvalue weighted by molar-refractivity contribution is 0.113. The minimum atomic E-state index is 0.516. The molecule has 1 saturated heterocycles. The molecule has 0 spiro atoms. The first kappa shape index (κ1) is 16.3. The molecule has 0 amide bonds. The minimum absolute atomic E-state index is 0.516. The standard InChI is InChI=1S/C16H29N5/c1-6-17-10-15-12(2)18-16(19-13(15)3)9-14-11-20(4)7-8-21(14)5/h14,17H,6-11H2,1-5H3. The molecule has 118 valence electrons. The van der Waals surface area contributed by atoms with Crippen LogP contribution in [0.1, 0.15) is 29.7 Å². The molecular formula is C16H29N5. The predicted molar refractivity (Wildman–Crippen MR) is 86.5 cm³/mol. The summed E-state index contributed by atoms with van der Waals surface area (Å²) >= 11 is 0. The van der Waals surface area contributed by atoms with E-state index in [1.54, 1.807) is 0 Å². The number of nitrogens with zero attached hydrogens (tertiary/aromatic N) is 4. The molecule has 1 aromatic rings. The maximum absolute atomic E-state index is 4.74. The highest BCUT2D eigenvalue weighted by Gasteiger charge is 2.23. The average molecular weight is 291 g/mol. The van der Waals surface area contributed by atoms with Crippen molar-refractivity contribution in [2.75, 3.05) is 40.3 Å². The zero-order chi connectivity index (χ0) is 15.4. The Balaban J connectivity index is 2.10. The fourth-order valence-electron chi connectivity index (χ4n) is 2.94. The van der Waals surface area contributed by atoms with Crippen LogP contribution >= 0.6 is 0 Å². The Morgan fingerprint density at radius 1 is 1.14 bits per heavy atom. The summed E-state index contributed by atoms with van der Waals surface area (Å²) in [6, 6.07) is 0.516. The van der Waals surface area contributed by atoms with Gasteiger partial charge in [-0.25, -0.2) is 9.97 Å². The summed E-state index contributed by atoms with van der Waals surface area (Å²) in [6.07, 6.45) is 0.935. The number of likely N-dealkylation sites (N-methyl/N-ethyl adjacent to an activating group) is 2. The minimum Gasteiger partial charge on any atom is -0.313 e. The Bertz CT molecular complexity index is 451. The van der Waals surface area contributed by atoms with Crippen LogP contribution in [0, 0.1) is 13.8 Å². The number of hydrogen-bond donors (Lipinski definition) is 1. The lowest BCUT2D eigenvalue weighted by Crippen LogP contribution is -2.51. The van der Waals surface area contributed by atoms with Gasteiger partial charge in [0, 0.05) is 55.6 Å². The predicted octanol–water partition coefficient (Wildman–Crippen LogP) is 0.991. The maximum Gasteiger partial charge on any atom is 0.130 e. The fourth-order valence-corrected chi connectivity index (χ4v) is 2.94. The van der Waals surface area contributed by atoms with Gasteiger partial charge in [-0.1, -0.05) is 6.92 Å². The number of piperazine rings is 1. The van der Waals surface area contributed by atoms with Crippen LogP contribution in [-0.2, 0) is 13.0 Å².